The molecule has 0 amide bonds. The van der Waals surface area contributed by atoms with Crippen molar-refractivity contribution in [1.82, 2.24) is 5.32 Å². The molecule has 66 valence electrons. The van der Waals surface area contributed by atoms with Crippen molar-refractivity contribution in [1.29, 1.82) is 0 Å². The van der Waals surface area contributed by atoms with Crippen LogP contribution in [0.15, 0.2) is 23.0 Å². The van der Waals surface area contributed by atoms with Gasteiger partial charge < -0.3 is 9.73 Å². The van der Waals surface area contributed by atoms with E-state index >= 15 is 0 Å². The summed E-state index contributed by atoms with van der Waals surface area (Å²) in [4.78, 5) is 0. The molecule has 1 aromatic heterocycles. The molecule has 1 fully saturated rings. The molecule has 1 aliphatic heterocycles. The van der Waals surface area contributed by atoms with Crippen LogP contribution in [0, 0.1) is 0 Å². The van der Waals surface area contributed by atoms with E-state index in [0.717, 1.165) is 0 Å². The molecule has 0 aliphatic carbocycles. The van der Waals surface area contributed by atoms with Crippen molar-refractivity contribution in [3.05, 3.63) is 24.2 Å². The fourth-order valence-electron chi connectivity index (χ4n) is 1.87. The maximum Gasteiger partial charge on any atom is 0.0950 e. The third-order valence-corrected chi connectivity index (χ3v) is 2.56. The van der Waals surface area contributed by atoms with Gasteiger partial charge in [-0.15, -0.1) is 0 Å². The smallest absolute Gasteiger partial charge is 0.0950 e. The molecule has 2 rings (SSSR count). The van der Waals surface area contributed by atoms with E-state index in [1.807, 2.05) is 6.26 Å². The summed E-state index contributed by atoms with van der Waals surface area (Å²) in [7, 11) is 0. The highest BCUT2D eigenvalue weighted by molar-refractivity contribution is 5.12. The Morgan fingerprint density at radius 3 is 3.08 bits per heavy atom. The van der Waals surface area contributed by atoms with Crippen LogP contribution in [0.5, 0.6) is 0 Å². The molecule has 1 saturated heterocycles. The van der Waals surface area contributed by atoms with Crippen LogP contribution in [0.25, 0.3) is 0 Å². The monoisotopic (exact) mass is 165 g/mol. The fourth-order valence-corrected chi connectivity index (χ4v) is 1.87. The summed E-state index contributed by atoms with van der Waals surface area (Å²) >= 11 is 0. The summed E-state index contributed by atoms with van der Waals surface area (Å²) in [5, 5.41) is 3.56. The first kappa shape index (κ1) is 7.87. The van der Waals surface area contributed by atoms with E-state index in [2.05, 4.69) is 18.3 Å². The Hall–Kier alpha value is -0.760. The molecule has 2 heteroatoms. The lowest BCUT2D eigenvalue weighted by Gasteiger charge is -2.27. The molecule has 1 N–H and O–H groups in total. The number of piperidine rings is 1. The predicted molar refractivity (Wildman–Crippen MR) is 47.9 cm³/mol. The van der Waals surface area contributed by atoms with Gasteiger partial charge >= 0.3 is 0 Å². The molecule has 0 aromatic carbocycles. The largest absolute Gasteiger partial charge is 0.472 e. The lowest BCUT2D eigenvalue weighted by atomic mass is 9.96. The van der Waals surface area contributed by atoms with Crippen LogP contribution >= 0.6 is 0 Å². The van der Waals surface area contributed by atoms with Crippen LogP contribution in [0.4, 0.5) is 0 Å². The van der Waals surface area contributed by atoms with Crippen LogP contribution in [0.2, 0.25) is 0 Å². The Morgan fingerprint density at radius 1 is 1.50 bits per heavy atom. The fraction of sp³-hybridized carbons (Fsp3) is 0.600. The van der Waals surface area contributed by atoms with Gasteiger partial charge in [0.05, 0.1) is 12.5 Å². The third-order valence-electron chi connectivity index (χ3n) is 2.56. The molecule has 0 spiro atoms. The zero-order valence-corrected chi connectivity index (χ0v) is 7.42. The molecule has 0 bridgehead atoms. The molecule has 2 heterocycles. The van der Waals surface area contributed by atoms with Gasteiger partial charge in [0.1, 0.15) is 0 Å². The Morgan fingerprint density at radius 2 is 2.42 bits per heavy atom. The Bertz CT molecular complexity index is 230. The van der Waals surface area contributed by atoms with Crippen LogP contribution in [0.1, 0.15) is 37.8 Å². The minimum absolute atomic E-state index is 0.521. The van der Waals surface area contributed by atoms with E-state index in [0.29, 0.717) is 12.1 Å². The number of hydrogen-bond acceptors (Lipinski definition) is 2. The third kappa shape index (κ3) is 1.53. The van der Waals surface area contributed by atoms with Gasteiger partial charge in [-0.3, -0.25) is 0 Å². The Balaban J connectivity index is 2.04. The average molecular weight is 165 g/mol. The number of nitrogens with one attached hydrogen (secondary N) is 1. The van der Waals surface area contributed by atoms with E-state index < -0.39 is 0 Å². The summed E-state index contributed by atoms with van der Waals surface area (Å²) in [6.45, 7) is 2.24. The van der Waals surface area contributed by atoms with Crippen LogP contribution in [-0.2, 0) is 0 Å². The van der Waals surface area contributed by atoms with Crippen LogP contribution in [-0.4, -0.2) is 6.04 Å². The minimum Gasteiger partial charge on any atom is -0.472 e. The Labute approximate surface area is 73.0 Å². The average Bonchev–Trinajstić information content (AvgIpc) is 2.56. The summed E-state index contributed by atoms with van der Waals surface area (Å²) in [5.41, 5.74) is 1.29. The van der Waals surface area contributed by atoms with Crippen molar-refractivity contribution in [2.75, 3.05) is 0 Å². The summed E-state index contributed by atoms with van der Waals surface area (Å²) < 4.78 is 5.06. The van der Waals surface area contributed by atoms with Gasteiger partial charge in [-0.1, -0.05) is 6.42 Å². The highest BCUT2D eigenvalue weighted by Crippen LogP contribution is 2.25. The highest BCUT2D eigenvalue weighted by Gasteiger charge is 2.19. The lowest BCUT2D eigenvalue weighted by molar-refractivity contribution is 0.339. The molecule has 12 heavy (non-hydrogen) atoms. The standard InChI is InChI=1S/C10H15NO/c1-8-3-2-4-10(11-8)9-5-6-12-7-9/h5-8,10-11H,2-4H2,1H3/t8-,10+/m1/s1. The number of hydrogen-bond donors (Lipinski definition) is 1. The summed E-state index contributed by atoms with van der Waals surface area (Å²) in [6.07, 6.45) is 7.45. The molecular formula is C10H15NO. The molecule has 2 nitrogen and oxygen atoms in total. The van der Waals surface area contributed by atoms with Crippen molar-refractivity contribution in [3.63, 3.8) is 0 Å². The second kappa shape index (κ2) is 3.31. The normalized spacial score (nSPS) is 30.4. The van der Waals surface area contributed by atoms with Crippen molar-refractivity contribution in [2.45, 2.75) is 38.3 Å². The molecule has 1 aliphatic rings. The maximum atomic E-state index is 5.06. The van der Waals surface area contributed by atoms with Crippen molar-refractivity contribution < 1.29 is 4.42 Å². The molecule has 0 radical (unpaired) electrons. The van der Waals surface area contributed by atoms with Crippen molar-refractivity contribution >= 4 is 0 Å². The van der Waals surface area contributed by atoms with Crippen molar-refractivity contribution in [3.8, 4) is 0 Å². The van der Waals surface area contributed by atoms with Crippen LogP contribution < -0.4 is 5.32 Å². The maximum absolute atomic E-state index is 5.06. The van der Waals surface area contributed by atoms with Gasteiger partial charge in [0.15, 0.2) is 0 Å². The zero-order valence-electron chi connectivity index (χ0n) is 7.42. The molecule has 2 atom stereocenters. The van der Waals surface area contributed by atoms with E-state index in [9.17, 15) is 0 Å². The summed E-state index contributed by atoms with van der Waals surface area (Å²) in [5.74, 6) is 0. The van der Waals surface area contributed by atoms with Gasteiger partial charge in [-0.25, -0.2) is 0 Å². The van der Waals surface area contributed by atoms with E-state index in [1.54, 1.807) is 6.26 Å². The number of rotatable bonds is 1. The second-order valence-electron chi connectivity index (χ2n) is 3.61. The molecule has 1 aromatic rings. The predicted octanol–water partition coefficient (Wildman–Crippen LogP) is 2.48. The van der Waals surface area contributed by atoms with Gasteiger partial charge in [-0.2, -0.15) is 0 Å². The highest BCUT2D eigenvalue weighted by atomic mass is 16.3. The first-order valence-corrected chi connectivity index (χ1v) is 4.64. The lowest BCUT2D eigenvalue weighted by Crippen LogP contribution is -2.34. The van der Waals surface area contributed by atoms with Gasteiger partial charge in [0.25, 0.3) is 0 Å². The number of furan rings is 1. The SMILES string of the molecule is C[C@@H]1CCC[C@@H](c2ccoc2)N1. The van der Waals surface area contributed by atoms with Gasteiger partial charge in [0.2, 0.25) is 0 Å². The van der Waals surface area contributed by atoms with Crippen LogP contribution in [0.3, 0.4) is 0 Å². The first-order valence-electron chi connectivity index (χ1n) is 4.64. The first-order chi connectivity index (χ1) is 5.86. The zero-order chi connectivity index (χ0) is 8.39. The Kier molecular flexibility index (Phi) is 2.17. The van der Waals surface area contributed by atoms with E-state index in [-0.39, 0.29) is 0 Å². The second-order valence-corrected chi connectivity index (χ2v) is 3.61. The minimum atomic E-state index is 0.521. The quantitative estimate of drug-likeness (QED) is 0.691. The summed E-state index contributed by atoms with van der Waals surface area (Å²) in [6, 6.07) is 3.22. The van der Waals surface area contributed by atoms with Gasteiger partial charge in [0, 0.05) is 17.6 Å². The van der Waals surface area contributed by atoms with E-state index in [4.69, 9.17) is 4.42 Å². The molecule has 0 unspecified atom stereocenters. The van der Waals surface area contributed by atoms with E-state index in [1.165, 1.54) is 24.8 Å². The topological polar surface area (TPSA) is 25.2 Å². The van der Waals surface area contributed by atoms with Crippen molar-refractivity contribution in [2.24, 2.45) is 0 Å². The van der Waals surface area contributed by atoms with Gasteiger partial charge in [-0.05, 0) is 25.8 Å². The molecule has 0 saturated carbocycles. The molecular weight excluding hydrogens is 150 g/mol.